The average molecular weight is 478 g/mol. The van der Waals surface area contributed by atoms with Crippen molar-refractivity contribution in [3.63, 3.8) is 0 Å². The number of carbonyl (C=O) groups excluding carboxylic acids is 2. The topological polar surface area (TPSA) is 125 Å². The first-order valence-electron chi connectivity index (χ1n) is 9.96. The highest BCUT2D eigenvalue weighted by atomic mass is 19.4. The van der Waals surface area contributed by atoms with E-state index in [2.05, 4.69) is 26.1 Å². The van der Waals surface area contributed by atoms with Gasteiger partial charge in [0.05, 0.1) is 16.9 Å². The van der Waals surface area contributed by atoms with Crippen molar-refractivity contribution in [1.29, 1.82) is 0 Å². The Labute approximate surface area is 191 Å². The van der Waals surface area contributed by atoms with E-state index in [4.69, 9.17) is 5.73 Å². The number of hydrogen-bond acceptors (Lipinski definition) is 4. The molecule has 0 spiro atoms. The van der Waals surface area contributed by atoms with E-state index in [1.54, 1.807) is 12.1 Å². The van der Waals surface area contributed by atoms with Crippen LogP contribution in [-0.4, -0.2) is 27.7 Å². The van der Waals surface area contributed by atoms with Gasteiger partial charge in [-0.25, -0.2) is 9.18 Å². The minimum absolute atomic E-state index is 0.0152. The molecule has 3 amide bonds. The number of rotatable bonds is 4. The molecule has 180 valence electrons. The molecule has 0 saturated heterocycles. The molecule has 0 aliphatic heterocycles. The number of aromatic nitrogens is 2. The lowest BCUT2D eigenvalue weighted by atomic mass is 10.0. The van der Waals surface area contributed by atoms with Crippen LogP contribution in [0.15, 0.2) is 42.5 Å². The van der Waals surface area contributed by atoms with E-state index in [9.17, 15) is 27.2 Å². The van der Waals surface area contributed by atoms with Crippen LogP contribution in [-0.2, 0) is 6.18 Å². The first kappa shape index (κ1) is 24.6. The molecule has 2 aromatic carbocycles. The zero-order valence-electron chi connectivity index (χ0n) is 18.4. The number of anilines is 3. The number of H-pyrrole nitrogens is 1. The van der Waals surface area contributed by atoms with Crippen molar-refractivity contribution < 1.29 is 27.2 Å². The van der Waals surface area contributed by atoms with E-state index in [-0.39, 0.29) is 17.1 Å². The second-order valence-electron chi connectivity index (χ2n) is 8.41. The van der Waals surface area contributed by atoms with Crippen molar-refractivity contribution in [2.45, 2.75) is 32.5 Å². The highest BCUT2D eigenvalue weighted by Gasteiger charge is 2.31. The largest absolute Gasteiger partial charge is 0.416 e. The number of nitrogens with zero attached hydrogens (tertiary/aromatic N) is 1. The quantitative estimate of drug-likeness (QED) is 0.339. The molecule has 0 aliphatic carbocycles. The van der Waals surface area contributed by atoms with Crippen molar-refractivity contribution in [2.24, 2.45) is 0 Å². The van der Waals surface area contributed by atoms with Crippen LogP contribution >= 0.6 is 0 Å². The van der Waals surface area contributed by atoms with Crippen LogP contribution in [0.25, 0.3) is 11.3 Å². The van der Waals surface area contributed by atoms with Crippen LogP contribution in [0.3, 0.4) is 0 Å². The van der Waals surface area contributed by atoms with Gasteiger partial charge < -0.3 is 21.7 Å². The summed E-state index contributed by atoms with van der Waals surface area (Å²) in [5.74, 6) is -1.42. The van der Waals surface area contributed by atoms with Gasteiger partial charge in [0.25, 0.3) is 5.91 Å². The number of benzene rings is 2. The average Bonchev–Trinajstić information content (AvgIpc) is 3.09. The lowest BCUT2D eigenvalue weighted by Crippen LogP contribution is -2.40. The van der Waals surface area contributed by atoms with E-state index in [0.29, 0.717) is 29.5 Å². The molecule has 0 radical (unpaired) electrons. The van der Waals surface area contributed by atoms with Gasteiger partial charge in [-0.3, -0.25) is 9.89 Å². The molecule has 12 heteroatoms. The van der Waals surface area contributed by atoms with Gasteiger partial charge in [0.2, 0.25) is 0 Å². The van der Waals surface area contributed by atoms with Gasteiger partial charge >= 0.3 is 12.2 Å². The second-order valence-corrected chi connectivity index (χ2v) is 8.41. The Morgan fingerprint density at radius 1 is 1.00 bits per heavy atom. The van der Waals surface area contributed by atoms with E-state index in [1.165, 1.54) is 12.1 Å². The third kappa shape index (κ3) is 5.82. The molecule has 0 unspecified atom stereocenters. The molecular weight excluding hydrogens is 456 g/mol. The van der Waals surface area contributed by atoms with Crippen molar-refractivity contribution in [3.8, 4) is 11.3 Å². The van der Waals surface area contributed by atoms with E-state index in [0.717, 1.165) is 0 Å². The molecule has 0 aliphatic rings. The number of nitrogens with two attached hydrogens (primary N) is 1. The fourth-order valence-electron chi connectivity index (χ4n) is 3.00. The van der Waals surface area contributed by atoms with Gasteiger partial charge in [-0.2, -0.15) is 18.3 Å². The van der Waals surface area contributed by atoms with Gasteiger partial charge in [-0.15, -0.1) is 0 Å². The SMILES string of the molecule is CC(C)(C)NC(=O)c1c(N)n[nH]c1-c1ccc(NC(=O)Nc2cc(C(F)(F)F)ccc2F)cc1. The first-order valence-corrected chi connectivity index (χ1v) is 9.96. The summed E-state index contributed by atoms with van der Waals surface area (Å²) in [7, 11) is 0. The van der Waals surface area contributed by atoms with Crippen LogP contribution in [0.4, 0.5) is 39.5 Å². The van der Waals surface area contributed by atoms with E-state index < -0.39 is 40.7 Å². The van der Waals surface area contributed by atoms with Gasteiger partial charge in [-0.1, -0.05) is 12.1 Å². The molecule has 0 bridgehead atoms. The van der Waals surface area contributed by atoms with Crippen LogP contribution in [0, 0.1) is 5.82 Å². The highest BCUT2D eigenvalue weighted by molar-refractivity contribution is 6.04. The number of aromatic amines is 1. The number of nitrogen functional groups attached to an aromatic ring is 1. The van der Waals surface area contributed by atoms with Crippen molar-refractivity contribution in [2.75, 3.05) is 16.4 Å². The number of carbonyl (C=O) groups is 2. The summed E-state index contributed by atoms with van der Waals surface area (Å²) in [6.45, 7) is 5.45. The minimum atomic E-state index is -4.69. The molecule has 3 rings (SSSR count). The molecule has 0 atom stereocenters. The summed E-state index contributed by atoms with van der Waals surface area (Å²) in [6, 6.07) is 6.88. The summed E-state index contributed by atoms with van der Waals surface area (Å²) in [6.07, 6.45) is -4.69. The molecule has 0 fully saturated rings. The maximum absolute atomic E-state index is 13.8. The standard InChI is InChI=1S/C22H22F4N6O2/c1-21(2,3)30-19(33)16-17(31-32-18(16)27)11-4-7-13(8-5-11)28-20(34)29-15-10-12(22(24,25)26)6-9-14(15)23/h4-10H,1-3H3,(H,30,33)(H3,27,31,32)(H2,28,29,34). The van der Waals surface area contributed by atoms with Crippen LogP contribution in [0.1, 0.15) is 36.7 Å². The summed E-state index contributed by atoms with van der Waals surface area (Å²) in [4.78, 5) is 24.8. The molecule has 6 N–H and O–H groups in total. The molecule has 1 heterocycles. The molecular formula is C22H22F4N6O2. The Morgan fingerprint density at radius 2 is 1.65 bits per heavy atom. The minimum Gasteiger partial charge on any atom is -0.382 e. The van der Waals surface area contributed by atoms with Crippen molar-refractivity contribution in [1.82, 2.24) is 15.5 Å². The predicted octanol–water partition coefficient (Wildman–Crippen LogP) is 4.99. The molecule has 34 heavy (non-hydrogen) atoms. The summed E-state index contributed by atoms with van der Waals surface area (Å²) < 4.78 is 52.3. The second kappa shape index (κ2) is 9.04. The van der Waals surface area contributed by atoms with Gasteiger partial charge in [0, 0.05) is 16.8 Å². The Balaban J connectivity index is 1.74. The Bertz CT molecular complexity index is 1210. The monoisotopic (exact) mass is 478 g/mol. The van der Waals surface area contributed by atoms with Gasteiger partial charge in [-0.05, 0) is 51.1 Å². The highest BCUT2D eigenvalue weighted by Crippen LogP contribution is 2.32. The van der Waals surface area contributed by atoms with Gasteiger partial charge in [0.15, 0.2) is 5.82 Å². The molecule has 0 saturated carbocycles. The zero-order chi connectivity index (χ0) is 25.3. The molecule has 1 aromatic heterocycles. The first-order chi connectivity index (χ1) is 15.7. The normalized spacial score (nSPS) is 11.7. The number of nitrogens with one attached hydrogen (secondary N) is 4. The number of halogens is 4. The van der Waals surface area contributed by atoms with Crippen LogP contribution in [0.5, 0.6) is 0 Å². The van der Waals surface area contributed by atoms with Crippen molar-refractivity contribution in [3.05, 3.63) is 59.4 Å². The fourth-order valence-corrected chi connectivity index (χ4v) is 3.00. The Hall–Kier alpha value is -4.09. The summed E-state index contributed by atoms with van der Waals surface area (Å²) in [5, 5.41) is 13.9. The van der Waals surface area contributed by atoms with Gasteiger partial charge in [0.1, 0.15) is 11.4 Å². The van der Waals surface area contributed by atoms with Crippen LogP contribution < -0.4 is 21.7 Å². The van der Waals surface area contributed by atoms with Crippen LogP contribution in [0.2, 0.25) is 0 Å². The third-order valence-corrected chi connectivity index (χ3v) is 4.48. The number of urea groups is 1. The number of alkyl halides is 3. The van der Waals surface area contributed by atoms with Crippen molar-refractivity contribution >= 4 is 29.1 Å². The maximum Gasteiger partial charge on any atom is 0.416 e. The maximum atomic E-state index is 13.8. The lowest BCUT2D eigenvalue weighted by molar-refractivity contribution is -0.137. The molecule has 3 aromatic rings. The molecule has 8 nitrogen and oxygen atoms in total. The Kier molecular flexibility index (Phi) is 6.53. The number of amides is 3. The zero-order valence-corrected chi connectivity index (χ0v) is 18.4. The third-order valence-electron chi connectivity index (χ3n) is 4.48. The van der Waals surface area contributed by atoms with E-state index in [1.807, 2.05) is 20.8 Å². The predicted molar refractivity (Wildman–Crippen MR) is 120 cm³/mol. The number of hydrogen-bond donors (Lipinski definition) is 5. The van der Waals surface area contributed by atoms with E-state index >= 15 is 0 Å². The Morgan fingerprint density at radius 3 is 2.24 bits per heavy atom. The summed E-state index contributed by atoms with van der Waals surface area (Å²) >= 11 is 0. The fraction of sp³-hybridized carbons (Fsp3) is 0.227. The smallest absolute Gasteiger partial charge is 0.382 e. The lowest BCUT2D eigenvalue weighted by Gasteiger charge is -2.20. The summed E-state index contributed by atoms with van der Waals surface area (Å²) in [5.41, 5.74) is 4.96.